The van der Waals surface area contributed by atoms with Crippen LogP contribution in [0.3, 0.4) is 0 Å². The maximum Gasteiger partial charge on any atom is 0.223 e. The molecule has 15 heavy (non-hydrogen) atoms. The second-order valence-electron chi connectivity index (χ2n) is 3.13. The molecule has 2 rings (SSSR count). The zero-order valence-corrected chi connectivity index (χ0v) is 9.00. The number of hydrogen-bond acceptors (Lipinski definition) is 4. The fraction of sp³-hybridized carbons (Fsp3) is 0.200. The minimum absolute atomic E-state index is 0.174. The van der Waals surface area contributed by atoms with Crippen molar-refractivity contribution in [1.82, 2.24) is 4.37 Å². The SMILES string of the molecule is COc1ccc2snc(CC(N)=O)c2c1. The Bertz CT molecular complexity index is 507. The molecule has 0 aliphatic carbocycles. The monoisotopic (exact) mass is 222 g/mol. The van der Waals surface area contributed by atoms with Crippen LogP contribution in [0.5, 0.6) is 5.75 Å². The average molecular weight is 222 g/mol. The maximum atomic E-state index is 10.8. The van der Waals surface area contributed by atoms with E-state index >= 15 is 0 Å². The van der Waals surface area contributed by atoms with Gasteiger partial charge in [0.1, 0.15) is 5.75 Å². The van der Waals surface area contributed by atoms with E-state index < -0.39 is 0 Å². The number of hydrogen-bond donors (Lipinski definition) is 1. The standard InChI is InChI=1S/C10H10N2O2S/c1-14-6-2-3-9-7(4-6)8(12-15-9)5-10(11)13/h2-4H,5H2,1H3,(H2,11,13). The zero-order chi connectivity index (χ0) is 10.8. The Balaban J connectivity index is 2.51. The molecule has 0 atom stereocenters. The van der Waals surface area contributed by atoms with Gasteiger partial charge in [0.2, 0.25) is 5.91 Å². The lowest BCUT2D eigenvalue weighted by Gasteiger charge is -1.99. The maximum absolute atomic E-state index is 10.8. The van der Waals surface area contributed by atoms with E-state index in [-0.39, 0.29) is 12.3 Å². The third kappa shape index (κ3) is 1.92. The first-order valence-corrected chi connectivity index (χ1v) is 5.18. The van der Waals surface area contributed by atoms with Gasteiger partial charge in [-0.05, 0) is 29.7 Å². The molecule has 78 valence electrons. The highest BCUT2D eigenvalue weighted by Crippen LogP contribution is 2.27. The van der Waals surface area contributed by atoms with Crippen molar-refractivity contribution in [3.8, 4) is 5.75 Å². The van der Waals surface area contributed by atoms with E-state index in [1.807, 2.05) is 18.2 Å². The molecule has 0 fully saturated rings. The summed E-state index contributed by atoms with van der Waals surface area (Å²) in [5, 5.41) is 0.943. The second-order valence-corrected chi connectivity index (χ2v) is 3.94. The molecule has 2 N–H and O–H groups in total. The molecule has 0 saturated heterocycles. The summed E-state index contributed by atoms with van der Waals surface area (Å²) in [6, 6.07) is 5.67. The second kappa shape index (κ2) is 3.86. The number of rotatable bonds is 3. The molecular weight excluding hydrogens is 212 g/mol. The lowest BCUT2D eigenvalue weighted by molar-refractivity contribution is -0.117. The van der Waals surface area contributed by atoms with Crippen molar-refractivity contribution in [2.45, 2.75) is 6.42 Å². The molecule has 5 heteroatoms. The summed E-state index contributed by atoms with van der Waals surface area (Å²) in [4.78, 5) is 10.8. The minimum Gasteiger partial charge on any atom is -0.497 e. The van der Waals surface area contributed by atoms with Crippen molar-refractivity contribution in [1.29, 1.82) is 0 Å². The van der Waals surface area contributed by atoms with E-state index in [9.17, 15) is 4.79 Å². The lowest BCUT2D eigenvalue weighted by atomic mass is 10.1. The molecule has 1 aromatic heterocycles. The van der Waals surface area contributed by atoms with Gasteiger partial charge in [-0.1, -0.05) is 0 Å². The van der Waals surface area contributed by atoms with Gasteiger partial charge in [0.25, 0.3) is 0 Å². The molecule has 0 aliphatic heterocycles. The van der Waals surface area contributed by atoms with Crippen molar-refractivity contribution in [2.75, 3.05) is 7.11 Å². The number of fused-ring (bicyclic) bond motifs is 1. The number of primary amides is 1. The number of nitrogens with two attached hydrogens (primary N) is 1. The Morgan fingerprint density at radius 1 is 1.60 bits per heavy atom. The molecule has 0 aliphatic rings. The van der Waals surface area contributed by atoms with Crippen molar-refractivity contribution in [3.05, 3.63) is 23.9 Å². The van der Waals surface area contributed by atoms with Crippen LogP contribution < -0.4 is 10.5 Å². The summed E-state index contributed by atoms with van der Waals surface area (Å²) < 4.78 is 10.3. The number of benzene rings is 1. The van der Waals surface area contributed by atoms with Crippen LogP contribution in [-0.2, 0) is 11.2 Å². The highest BCUT2D eigenvalue weighted by atomic mass is 32.1. The van der Waals surface area contributed by atoms with Crippen LogP contribution in [0.25, 0.3) is 10.1 Å². The van der Waals surface area contributed by atoms with Gasteiger partial charge in [0.15, 0.2) is 0 Å². The highest BCUT2D eigenvalue weighted by molar-refractivity contribution is 7.13. The number of methoxy groups -OCH3 is 1. The third-order valence-corrected chi connectivity index (χ3v) is 2.96. The van der Waals surface area contributed by atoms with E-state index in [1.54, 1.807) is 7.11 Å². The molecule has 1 aromatic carbocycles. The lowest BCUT2D eigenvalue weighted by Crippen LogP contribution is -2.13. The predicted octanol–water partition coefficient (Wildman–Crippen LogP) is 1.33. The van der Waals surface area contributed by atoms with Crippen LogP contribution in [0.2, 0.25) is 0 Å². The fourth-order valence-electron chi connectivity index (χ4n) is 1.39. The first-order valence-electron chi connectivity index (χ1n) is 4.41. The van der Waals surface area contributed by atoms with Gasteiger partial charge in [-0.3, -0.25) is 4.79 Å². The summed E-state index contributed by atoms with van der Waals surface area (Å²) in [6.07, 6.45) is 0.174. The quantitative estimate of drug-likeness (QED) is 0.852. The van der Waals surface area contributed by atoms with Gasteiger partial charge in [-0.2, -0.15) is 4.37 Å². The number of amides is 1. The van der Waals surface area contributed by atoms with Crippen molar-refractivity contribution < 1.29 is 9.53 Å². The number of nitrogens with zero attached hydrogens (tertiary/aromatic N) is 1. The summed E-state index contributed by atoms with van der Waals surface area (Å²) in [7, 11) is 1.61. The van der Waals surface area contributed by atoms with Gasteiger partial charge >= 0.3 is 0 Å². The van der Waals surface area contributed by atoms with Gasteiger partial charge in [-0.15, -0.1) is 0 Å². The smallest absolute Gasteiger partial charge is 0.223 e. The molecule has 0 saturated carbocycles. The molecule has 4 nitrogen and oxygen atoms in total. The summed E-state index contributed by atoms with van der Waals surface area (Å²) in [5.41, 5.74) is 5.86. The van der Waals surface area contributed by atoms with Gasteiger partial charge in [0, 0.05) is 5.39 Å². The first kappa shape index (κ1) is 9.92. The highest BCUT2D eigenvalue weighted by Gasteiger charge is 2.09. The average Bonchev–Trinajstić information content (AvgIpc) is 2.60. The Kier molecular flexibility index (Phi) is 2.55. The number of carbonyl (C=O) groups is 1. The Morgan fingerprint density at radius 3 is 3.07 bits per heavy atom. The Labute approximate surface area is 90.8 Å². The summed E-state index contributed by atoms with van der Waals surface area (Å²) in [6.45, 7) is 0. The molecule has 2 aromatic rings. The van der Waals surface area contributed by atoms with Crippen LogP contribution in [0.4, 0.5) is 0 Å². The zero-order valence-electron chi connectivity index (χ0n) is 8.19. The Morgan fingerprint density at radius 2 is 2.40 bits per heavy atom. The van der Waals surface area contributed by atoms with Crippen LogP contribution in [0.1, 0.15) is 5.69 Å². The molecular formula is C10H10N2O2S. The van der Waals surface area contributed by atoms with Crippen molar-refractivity contribution >= 4 is 27.5 Å². The van der Waals surface area contributed by atoms with Crippen LogP contribution in [0, 0.1) is 0 Å². The predicted molar refractivity (Wildman–Crippen MR) is 59.1 cm³/mol. The van der Waals surface area contributed by atoms with Crippen LogP contribution >= 0.6 is 11.5 Å². The Hall–Kier alpha value is -1.62. The summed E-state index contributed by atoms with van der Waals surface area (Å²) in [5.74, 6) is 0.387. The van der Waals surface area contributed by atoms with Gasteiger partial charge < -0.3 is 10.5 Å². The van der Waals surface area contributed by atoms with Gasteiger partial charge in [0.05, 0.1) is 23.9 Å². The van der Waals surface area contributed by atoms with E-state index in [0.717, 1.165) is 21.5 Å². The number of ether oxygens (including phenoxy) is 1. The molecule has 0 bridgehead atoms. The van der Waals surface area contributed by atoms with E-state index in [0.29, 0.717) is 0 Å². The molecule has 1 heterocycles. The van der Waals surface area contributed by atoms with Crippen molar-refractivity contribution in [2.24, 2.45) is 5.73 Å². The topological polar surface area (TPSA) is 65.2 Å². The molecule has 0 radical (unpaired) electrons. The largest absolute Gasteiger partial charge is 0.497 e. The molecule has 0 unspecified atom stereocenters. The van der Waals surface area contributed by atoms with Gasteiger partial charge in [-0.25, -0.2) is 0 Å². The van der Waals surface area contributed by atoms with Crippen LogP contribution in [-0.4, -0.2) is 17.4 Å². The molecule has 1 amide bonds. The van der Waals surface area contributed by atoms with Crippen molar-refractivity contribution in [3.63, 3.8) is 0 Å². The fourth-order valence-corrected chi connectivity index (χ4v) is 2.16. The normalized spacial score (nSPS) is 10.5. The van der Waals surface area contributed by atoms with E-state index in [2.05, 4.69) is 4.37 Å². The van der Waals surface area contributed by atoms with E-state index in [4.69, 9.17) is 10.5 Å². The first-order chi connectivity index (χ1) is 7.20. The number of carbonyl (C=O) groups excluding carboxylic acids is 1. The molecule has 0 spiro atoms. The third-order valence-electron chi connectivity index (χ3n) is 2.09. The van der Waals surface area contributed by atoms with E-state index in [1.165, 1.54) is 11.5 Å². The number of aromatic nitrogens is 1. The van der Waals surface area contributed by atoms with Crippen LogP contribution in [0.15, 0.2) is 18.2 Å². The summed E-state index contributed by atoms with van der Waals surface area (Å²) >= 11 is 1.36. The minimum atomic E-state index is -0.370.